The number of anilines is 2. The molecular weight excluding hydrogens is 518 g/mol. The highest BCUT2D eigenvalue weighted by molar-refractivity contribution is 5.78. The van der Waals surface area contributed by atoms with Gasteiger partial charge in [-0.15, -0.1) is 0 Å². The molecule has 0 aliphatic carbocycles. The number of hydrogen-bond donors (Lipinski definition) is 2. The second-order valence-corrected chi connectivity index (χ2v) is 10.0. The minimum Gasteiger partial charge on any atom is -0.395 e. The van der Waals surface area contributed by atoms with E-state index in [1.807, 2.05) is 35.2 Å². The molecule has 0 spiro atoms. The number of fused-ring (bicyclic) bond motifs is 1. The lowest BCUT2D eigenvalue weighted by Crippen LogP contribution is -2.40. The zero-order chi connectivity index (χ0) is 27.5. The minimum atomic E-state index is -0.586. The fourth-order valence-corrected chi connectivity index (χ4v) is 5.31. The van der Waals surface area contributed by atoms with Crippen LogP contribution in [0, 0.1) is 11.6 Å². The van der Waals surface area contributed by atoms with E-state index in [1.54, 1.807) is 17.0 Å². The first kappa shape index (κ1) is 26.7. The molecule has 0 saturated carbocycles. The highest BCUT2D eigenvalue weighted by atomic mass is 19.1. The highest BCUT2D eigenvalue weighted by Crippen LogP contribution is 2.27. The van der Waals surface area contributed by atoms with Gasteiger partial charge in [0.05, 0.1) is 44.8 Å². The maximum atomic E-state index is 15.1. The van der Waals surface area contributed by atoms with Gasteiger partial charge in [0.15, 0.2) is 0 Å². The normalized spacial score (nSPS) is 18.8. The molecule has 1 atom stereocenters. The Morgan fingerprint density at radius 2 is 1.73 bits per heavy atom. The van der Waals surface area contributed by atoms with Crippen molar-refractivity contribution in [3.05, 3.63) is 77.6 Å². The first-order valence-electron chi connectivity index (χ1n) is 13.5. The van der Waals surface area contributed by atoms with Gasteiger partial charge in [-0.05, 0) is 35.9 Å². The number of morpholine rings is 2. The van der Waals surface area contributed by atoms with Crippen LogP contribution in [0.15, 0.2) is 54.9 Å². The van der Waals surface area contributed by atoms with Gasteiger partial charge in [0.25, 0.3) is 0 Å². The van der Waals surface area contributed by atoms with Crippen molar-refractivity contribution in [2.75, 3.05) is 64.5 Å². The highest BCUT2D eigenvalue weighted by Gasteiger charge is 2.24. The van der Waals surface area contributed by atoms with Crippen molar-refractivity contribution >= 4 is 22.7 Å². The zero-order valence-electron chi connectivity index (χ0n) is 22.1. The fraction of sp³-hybridized carbons (Fsp3) is 0.379. The Bertz CT molecular complexity index is 1430. The largest absolute Gasteiger partial charge is 0.395 e. The van der Waals surface area contributed by atoms with Crippen LogP contribution in [-0.2, 0) is 16.0 Å². The van der Waals surface area contributed by atoms with Crippen molar-refractivity contribution in [2.24, 2.45) is 0 Å². The van der Waals surface area contributed by atoms with Crippen LogP contribution in [-0.4, -0.2) is 88.7 Å². The van der Waals surface area contributed by atoms with Crippen LogP contribution in [0.1, 0.15) is 17.2 Å². The van der Waals surface area contributed by atoms with Crippen LogP contribution in [0.4, 0.5) is 20.4 Å². The van der Waals surface area contributed by atoms with Crippen LogP contribution >= 0.6 is 0 Å². The Labute approximate surface area is 231 Å². The van der Waals surface area contributed by atoms with E-state index >= 15 is 8.78 Å². The van der Waals surface area contributed by atoms with Crippen LogP contribution in [0.3, 0.4) is 0 Å². The molecule has 2 aliphatic heterocycles. The summed E-state index contributed by atoms with van der Waals surface area (Å²) in [5, 5.41) is 13.4. The average molecular weight is 551 g/mol. The summed E-state index contributed by atoms with van der Waals surface area (Å²) in [6.07, 6.45) is 3.42. The van der Waals surface area contributed by atoms with Gasteiger partial charge in [-0.25, -0.2) is 13.8 Å². The second kappa shape index (κ2) is 11.9. The van der Waals surface area contributed by atoms with E-state index in [1.165, 1.54) is 12.1 Å². The number of aromatic nitrogens is 3. The summed E-state index contributed by atoms with van der Waals surface area (Å²) in [5.74, 6) is -0.804. The molecule has 2 saturated heterocycles. The maximum Gasteiger partial charge on any atom is 0.229 e. The smallest absolute Gasteiger partial charge is 0.229 e. The van der Waals surface area contributed by atoms with Gasteiger partial charge < -0.3 is 24.5 Å². The lowest BCUT2D eigenvalue weighted by molar-refractivity contribution is -0.0146. The molecule has 11 heteroatoms. The quantitative estimate of drug-likeness (QED) is 0.344. The van der Waals surface area contributed by atoms with Gasteiger partial charge >= 0.3 is 0 Å². The second-order valence-electron chi connectivity index (χ2n) is 10.0. The van der Waals surface area contributed by atoms with Crippen molar-refractivity contribution in [1.29, 1.82) is 0 Å². The molecule has 4 heterocycles. The van der Waals surface area contributed by atoms with Crippen LogP contribution in [0.25, 0.3) is 16.7 Å². The molecule has 2 aliphatic rings. The predicted molar refractivity (Wildman–Crippen MR) is 147 cm³/mol. The van der Waals surface area contributed by atoms with Crippen molar-refractivity contribution in [3.63, 3.8) is 0 Å². The van der Waals surface area contributed by atoms with Crippen molar-refractivity contribution < 1.29 is 23.4 Å². The molecule has 0 radical (unpaired) electrons. The van der Waals surface area contributed by atoms with E-state index in [4.69, 9.17) is 9.47 Å². The summed E-state index contributed by atoms with van der Waals surface area (Å²) in [5.41, 5.74) is 2.85. The van der Waals surface area contributed by atoms with Gasteiger partial charge in [-0.1, -0.05) is 12.1 Å². The Morgan fingerprint density at radius 3 is 2.48 bits per heavy atom. The monoisotopic (exact) mass is 550 g/mol. The molecule has 4 aromatic rings. The number of halogens is 2. The number of benzene rings is 2. The molecule has 0 amide bonds. The summed E-state index contributed by atoms with van der Waals surface area (Å²) >= 11 is 0. The molecule has 2 aromatic carbocycles. The van der Waals surface area contributed by atoms with Crippen LogP contribution < -0.4 is 5.32 Å². The average Bonchev–Trinajstić information content (AvgIpc) is 3.40. The third-order valence-corrected chi connectivity index (χ3v) is 7.49. The summed E-state index contributed by atoms with van der Waals surface area (Å²) in [6.45, 7) is 5.37. The summed E-state index contributed by atoms with van der Waals surface area (Å²) in [6, 6.07) is 12.6. The number of rotatable bonds is 8. The first-order chi connectivity index (χ1) is 19.6. The van der Waals surface area contributed by atoms with E-state index < -0.39 is 11.6 Å². The number of β-amino-alcohol motifs (C(OH)–C–C–N with tert-alkyl or cyclic N) is 1. The molecular formula is C29H32F2N6O3. The third-order valence-electron chi connectivity index (χ3n) is 7.49. The van der Waals surface area contributed by atoms with Gasteiger partial charge in [0, 0.05) is 61.8 Å². The number of aliphatic hydroxyl groups is 1. The van der Waals surface area contributed by atoms with Gasteiger partial charge in [0.1, 0.15) is 17.3 Å². The minimum absolute atomic E-state index is 0.0572. The molecule has 0 bridgehead atoms. The fourth-order valence-electron chi connectivity index (χ4n) is 5.31. The summed E-state index contributed by atoms with van der Waals surface area (Å²) in [4.78, 5) is 13.3. The summed E-state index contributed by atoms with van der Waals surface area (Å²) < 4.78 is 42.8. The molecule has 9 nitrogen and oxygen atoms in total. The first-order valence-corrected chi connectivity index (χ1v) is 13.5. The van der Waals surface area contributed by atoms with Crippen LogP contribution in [0.5, 0.6) is 0 Å². The standard InChI is InChI=1S/C29H32F2N6O3/c30-25-15-23(16-26(31)24(25)18-35-8-12-39-13-9-35)37-6-5-21-17-32-29(34-28(21)37)33-22-3-1-20(2-4-22)27-19-40-14-10-36(27)7-11-38/h1-6,15-17,27,38H,7-14,18-19H2,(H,32,33,34). The lowest BCUT2D eigenvalue weighted by atomic mass is 10.0. The Kier molecular flexibility index (Phi) is 7.98. The molecule has 40 heavy (non-hydrogen) atoms. The maximum absolute atomic E-state index is 15.1. The molecule has 210 valence electrons. The Morgan fingerprint density at radius 1 is 0.975 bits per heavy atom. The number of nitrogens with zero attached hydrogens (tertiary/aromatic N) is 5. The Hall–Kier alpha value is -3.48. The van der Waals surface area contributed by atoms with Gasteiger partial charge in [-0.3, -0.25) is 9.80 Å². The Balaban J connectivity index is 1.21. The molecule has 2 N–H and O–H groups in total. The molecule has 1 unspecified atom stereocenters. The molecule has 2 fully saturated rings. The zero-order valence-corrected chi connectivity index (χ0v) is 22.1. The van der Waals surface area contributed by atoms with E-state index in [0.29, 0.717) is 63.3 Å². The van der Waals surface area contributed by atoms with Crippen molar-refractivity contribution in [1.82, 2.24) is 24.3 Å². The summed E-state index contributed by atoms with van der Waals surface area (Å²) in [7, 11) is 0. The van der Waals surface area contributed by atoms with E-state index in [0.717, 1.165) is 23.2 Å². The number of ether oxygens (including phenoxy) is 2. The van der Waals surface area contributed by atoms with E-state index in [9.17, 15) is 5.11 Å². The van der Waals surface area contributed by atoms with Crippen LogP contribution in [0.2, 0.25) is 0 Å². The SMILES string of the molecule is OCCN1CCOCC1c1ccc(Nc2ncc3ccn(-c4cc(F)c(CN5CCOCC5)c(F)c4)c3n2)cc1. The number of nitrogens with one attached hydrogen (secondary N) is 1. The van der Waals surface area contributed by atoms with E-state index in [2.05, 4.69) is 20.2 Å². The molecule has 6 rings (SSSR count). The molecule has 2 aromatic heterocycles. The van der Waals surface area contributed by atoms with E-state index in [-0.39, 0.29) is 24.8 Å². The van der Waals surface area contributed by atoms with Gasteiger partial charge in [-0.2, -0.15) is 4.98 Å². The topological polar surface area (TPSA) is 87.9 Å². The van der Waals surface area contributed by atoms with Crippen molar-refractivity contribution in [3.8, 4) is 5.69 Å². The number of aliphatic hydroxyl groups excluding tert-OH is 1. The lowest BCUT2D eigenvalue weighted by Gasteiger charge is -2.35. The predicted octanol–water partition coefficient (Wildman–Crippen LogP) is 3.64. The van der Waals surface area contributed by atoms with Gasteiger partial charge in [0.2, 0.25) is 5.95 Å². The number of hydrogen-bond acceptors (Lipinski definition) is 8. The van der Waals surface area contributed by atoms with Crippen molar-refractivity contribution in [2.45, 2.75) is 12.6 Å². The third kappa shape index (κ3) is 5.70.